The summed E-state index contributed by atoms with van der Waals surface area (Å²) in [5, 5.41) is 0. The Bertz CT molecular complexity index is 2460. The van der Waals surface area contributed by atoms with Crippen molar-refractivity contribution < 1.29 is 38.6 Å². The first-order valence-corrected chi connectivity index (χ1v) is 24.7. The van der Waals surface area contributed by atoms with Gasteiger partial charge in [0.2, 0.25) is 0 Å². The number of aromatic nitrogens is 4. The molecule has 0 amide bonds. The van der Waals surface area contributed by atoms with Crippen molar-refractivity contribution in [3.63, 3.8) is 0 Å². The van der Waals surface area contributed by atoms with Crippen molar-refractivity contribution >= 4 is 68.6 Å². The summed E-state index contributed by atoms with van der Waals surface area (Å²) in [7, 11) is 1.30. The monoisotopic (exact) mass is 913 g/mol. The van der Waals surface area contributed by atoms with Crippen LogP contribution in [-0.4, -0.2) is 60.3 Å². The summed E-state index contributed by atoms with van der Waals surface area (Å²) >= 11 is 0. The van der Waals surface area contributed by atoms with Gasteiger partial charge in [0.1, 0.15) is 12.5 Å². The Morgan fingerprint density at radius 2 is 1.36 bits per heavy atom. The van der Waals surface area contributed by atoms with Gasteiger partial charge in [-0.15, -0.1) is 22.1 Å². The molecule has 0 unspecified atom stereocenters. The number of esters is 2. The molecule has 3 aromatic rings. The van der Waals surface area contributed by atoms with Crippen molar-refractivity contribution in [1.29, 1.82) is 0 Å². The molecule has 0 aromatic carbocycles. The molecule has 352 valence electrons. The number of ketones is 2. The van der Waals surface area contributed by atoms with E-state index >= 15 is 0 Å². The summed E-state index contributed by atoms with van der Waals surface area (Å²) in [4.78, 5) is 72.1. The van der Waals surface area contributed by atoms with Gasteiger partial charge in [-0.1, -0.05) is 110 Å². The van der Waals surface area contributed by atoms with E-state index in [-0.39, 0.29) is 77.3 Å². The molecular weight excluding hydrogens is 837 g/mol. The minimum Gasteiger partial charge on any atom is -0.657 e. The maximum atomic E-state index is 14.4. The second kappa shape index (κ2) is 23.3. The molecule has 1 aliphatic carbocycles. The molecule has 0 spiro atoms. The molecule has 0 saturated heterocycles. The molecule has 6 rings (SSSR count). The third-order valence-electron chi connectivity index (χ3n) is 14.9. The summed E-state index contributed by atoms with van der Waals surface area (Å²) in [5.41, 5.74) is 10.0. The van der Waals surface area contributed by atoms with E-state index in [2.05, 4.69) is 65.4 Å². The predicted molar refractivity (Wildman–Crippen MR) is 262 cm³/mol. The summed E-state index contributed by atoms with van der Waals surface area (Å²) in [6.07, 6.45) is 14.7. The Morgan fingerprint density at radius 1 is 0.773 bits per heavy atom. The SMILES string of the molecule is CC[C@@H]1c2cc3[n-]c4c(c3C)C(=O)[C@@H](C(=O)OC)c4c3[nH+]c(cc4[n-]c(cc([nH+]2)[C@H]1C)c(C(C)=O)c4C)[C@@H](C)[C@@H]3CCC(=O)OC/C=C(\C)CCC[C@H](C)CCC[C@H](C)CCCC(C)C.[Mg+2]. The standard InChI is InChI=1S/C55H75N4O6.Mg/c1-13-39-34(7)41-29-46-48(38(11)60)36(9)43(57-46)27-42-35(8)40(52(58-42)50-51(55(63)64-12)54(62)49-37(10)44(59-53(49)50)28-45(39)56-41)23-24-47(61)65-26-25-33(6)22-16-21-32(5)20-15-19-31(4)18-14-17-30(2)3;/h25,27-32,34-35,39-40,51H,13-24,26H2,1-12H3,(H-,56,57,58,59,60,62);/q-1;+2/p+1/b33-25+;/t31-,32-,34+,35+,39+,40+,51+;/m1./s1. The summed E-state index contributed by atoms with van der Waals surface area (Å²) in [6, 6.07) is 5.99. The number of carbonyl (C=O) groups excluding carboxylic acids is 4. The van der Waals surface area contributed by atoms with Crippen LogP contribution in [-0.2, 0) is 19.1 Å². The quantitative estimate of drug-likeness (QED) is 0.0358. The van der Waals surface area contributed by atoms with Gasteiger partial charge in [0.05, 0.1) is 30.8 Å². The zero-order valence-electron chi connectivity index (χ0n) is 42.2. The van der Waals surface area contributed by atoms with E-state index in [1.165, 1.54) is 57.6 Å². The summed E-state index contributed by atoms with van der Waals surface area (Å²) in [5.74, 6) is -0.477. The first kappa shape index (κ1) is 52.9. The minimum atomic E-state index is -1.21. The summed E-state index contributed by atoms with van der Waals surface area (Å²) in [6.45, 7) is 23.5. The third kappa shape index (κ3) is 11.8. The van der Waals surface area contributed by atoms with Gasteiger partial charge in [-0.3, -0.25) is 19.2 Å². The van der Waals surface area contributed by atoms with Crippen LogP contribution in [0.1, 0.15) is 229 Å². The van der Waals surface area contributed by atoms with E-state index in [1.54, 1.807) is 6.92 Å². The zero-order valence-corrected chi connectivity index (χ0v) is 43.6. The fourth-order valence-corrected chi connectivity index (χ4v) is 10.8. The van der Waals surface area contributed by atoms with Crippen molar-refractivity contribution in [2.75, 3.05) is 13.7 Å². The van der Waals surface area contributed by atoms with Gasteiger partial charge in [0, 0.05) is 23.1 Å². The Hall–Kier alpha value is -4.09. The molecule has 0 radical (unpaired) electrons. The van der Waals surface area contributed by atoms with Crippen LogP contribution in [0, 0.1) is 31.6 Å². The van der Waals surface area contributed by atoms with E-state index in [1.807, 2.05) is 38.1 Å². The third-order valence-corrected chi connectivity index (χ3v) is 14.9. The van der Waals surface area contributed by atoms with E-state index < -0.39 is 11.9 Å². The number of hydrogen-bond donors (Lipinski definition) is 0. The van der Waals surface area contributed by atoms with Crippen LogP contribution in [0.25, 0.3) is 22.1 Å². The van der Waals surface area contributed by atoms with Crippen LogP contribution in [0.3, 0.4) is 0 Å². The number of methoxy groups -OCH3 is 1. The second-order valence-electron chi connectivity index (χ2n) is 20.3. The van der Waals surface area contributed by atoms with Crippen molar-refractivity contribution in [3.05, 3.63) is 80.4 Å². The molecule has 0 saturated carbocycles. The number of allylic oxidation sites excluding steroid dienone is 1. The first-order valence-electron chi connectivity index (χ1n) is 24.7. The molecule has 0 fully saturated rings. The molecule has 8 bridgehead atoms. The topological polar surface area (TPSA) is 143 Å². The van der Waals surface area contributed by atoms with Gasteiger partial charge in [-0.05, 0) is 95.4 Å². The van der Waals surface area contributed by atoms with Gasteiger partial charge >= 0.3 is 35.0 Å². The van der Waals surface area contributed by atoms with E-state index in [4.69, 9.17) is 19.4 Å². The predicted octanol–water partition coefficient (Wildman–Crippen LogP) is 11.2. The number of Topliss-reactive ketones (excluding diaryl/α,β-unsaturated/α-hetero) is 2. The van der Waals surface area contributed by atoms with Crippen LogP contribution < -0.4 is 19.9 Å². The number of aryl methyl sites for hydroxylation is 2. The van der Waals surface area contributed by atoms with Crippen molar-refractivity contribution in [2.45, 2.75) is 183 Å². The van der Waals surface area contributed by atoms with Crippen LogP contribution in [0.5, 0.6) is 0 Å². The van der Waals surface area contributed by atoms with Crippen molar-refractivity contribution in [1.82, 2.24) is 9.97 Å². The number of rotatable bonds is 20. The molecule has 7 atom stereocenters. The zero-order chi connectivity index (χ0) is 47.3. The average Bonchev–Trinajstić information content (AvgIpc) is 4.00. The van der Waals surface area contributed by atoms with E-state index in [0.717, 1.165) is 53.7 Å². The van der Waals surface area contributed by atoms with Gasteiger partial charge in [-0.25, -0.2) is 9.97 Å². The van der Waals surface area contributed by atoms with Gasteiger partial charge in [0.25, 0.3) is 0 Å². The van der Waals surface area contributed by atoms with Crippen LogP contribution in [0.2, 0.25) is 0 Å². The number of nitrogens with one attached hydrogen (secondary N) is 2. The maximum Gasteiger partial charge on any atom is 2.00 e. The van der Waals surface area contributed by atoms with Crippen LogP contribution >= 0.6 is 0 Å². The number of fused-ring (bicyclic) bond motifs is 8. The molecule has 3 aliphatic rings. The van der Waals surface area contributed by atoms with Gasteiger partial charge < -0.3 is 19.4 Å². The van der Waals surface area contributed by atoms with Crippen molar-refractivity contribution in [2.24, 2.45) is 17.8 Å². The van der Waals surface area contributed by atoms with E-state index in [9.17, 15) is 19.2 Å². The van der Waals surface area contributed by atoms with Crippen LogP contribution in [0.4, 0.5) is 0 Å². The molecule has 5 heterocycles. The Labute approximate surface area is 409 Å². The number of H-pyrrole nitrogens is 2. The number of aromatic amines is 2. The normalized spacial score (nSPS) is 20.0. The van der Waals surface area contributed by atoms with Gasteiger partial charge in [-0.2, -0.15) is 0 Å². The Morgan fingerprint density at radius 3 is 2.00 bits per heavy atom. The fourth-order valence-electron chi connectivity index (χ4n) is 10.8. The Kier molecular flexibility index (Phi) is 18.6. The maximum absolute atomic E-state index is 14.4. The van der Waals surface area contributed by atoms with E-state index in [0.29, 0.717) is 62.4 Å². The molecule has 3 aromatic heterocycles. The molecule has 11 heteroatoms. The summed E-state index contributed by atoms with van der Waals surface area (Å²) < 4.78 is 11.1. The van der Waals surface area contributed by atoms with Crippen LogP contribution in [0.15, 0.2) is 29.8 Å². The molecular formula is C55H76MgN4O6+2. The number of carbonyl (C=O) groups is 4. The smallest absolute Gasteiger partial charge is 0.657 e. The van der Waals surface area contributed by atoms with Crippen molar-refractivity contribution in [3.8, 4) is 0 Å². The number of nitrogens with zero attached hydrogens (tertiary/aromatic N) is 2. The first-order chi connectivity index (χ1) is 30.9. The molecule has 2 aliphatic heterocycles. The molecule has 2 N–H and O–H groups in total. The minimum absolute atomic E-state index is 0. The molecule has 66 heavy (non-hydrogen) atoms. The van der Waals surface area contributed by atoms with Gasteiger partial charge in [0.15, 0.2) is 34.3 Å². The average molecular weight is 914 g/mol. The number of hydrogen-bond acceptors (Lipinski definition) is 6. The fraction of sp³-hybridized carbons (Fsp3) is 0.600. The molecule has 10 nitrogen and oxygen atoms in total. The second-order valence-corrected chi connectivity index (χ2v) is 20.3. The Balaban J connectivity index is 0.00000817. The largest absolute Gasteiger partial charge is 2.00 e. The number of ether oxygens (including phenoxy) is 2.